The van der Waals surface area contributed by atoms with Gasteiger partial charge in [0, 0.05) is 42.2 Å². The molecule has 1 aromatic carbocycles. The minimum absolute atomic E-state index is 0.266. The summed E-state index contributed by atoms with van der Waals surface area (Å²) in [7, 11) is 4.11. The summed E-state index contributed by atoms with van der Waals surface area (Å²) < 4.78 is 6.24. The molecule has 1 aliphatic rings. The summed E-state index contributed by atoms with van der Waals surface area (Å²) in [5, 5.41) is 3.46. The zero-order chi connectivity index (χ0) is 19.0. The molecular weight excluding hydrogens is 344 g/mol. The predicted molar refractivity (Wildman–Crippen MR) is 113 cm³/mol. The van der Waals surface area contributed by atoms with Gasteiger partial charge in [0.15, 0.2) is 5.96 Å². The molecule has 5 nitrogen and oxygen atoms in total. The lowest BCUT2D eigenvalue weighted by Gasteiger charge is -2.39. The molecule has 0 amide bonds. The van der Waals surface area contributed by atoms with Crippen molar-refractivity contribution in [2.45, 2.75) is 32.1 Å². The number of aliphatic imine (C=N–C) groups is 1. The van der Waals surface area contributed by atoms with E-state index in [1.807, 2.05) is 23.9 Å². The standard InChI is InChI=1S/C20H34N4OS/c1-6-21-19(24-12-14-26-20(2,3)16-24)22-15-17-9-7-8-10-18(17)25-13-11-23(4)5/h7-10H,6,11-16H2,1-5H3,(H,21,22). The number of para-hydroxylation sites is 1. The van der Waals surface area contributed by atoms with Crippen LogP contribution in [0.4, 0.5) is 0 Å². The number of nitrogens with zero attached hydrogens (tertiary/aromatic N) is 3. The number of hydrogen-bond donors (Lipinski definition) is 1. The molecule has 0 saturated carbocycles. The molecule has 0 atom stereocenters. The van der Waals surface area contributed by atoms with Gasteiger partial charge >= 0.3 is 0 Å². The van der Waals surface area contributed by atoms with Crippen molar-refractivity contribution in [3.05, 3.63) is 29.8 Å². The van der Waals surface area contributed by atoms with Gasteiger partial charge in [0.25, 0.3) is 0 Å². The van der Waals surface area contributed by atoms with E-state index in [9.17, 15) is 0 Å². The van der Waals surface area contributed by atoms with Gasteiger partial charge < -0.3 is 19.9 Å². The van der Waals surface area contributed by atoms with Crippen LogP contribution in [0.3, 0.4) is 0 Å². The van der Waals surface area contributed by atoms with Crippen LogP contribution in [0.15, 0.2) is 29.3 Å². The highest BCUT2D eigenvalue weighted by Gasteiger charge is 2.28. The average Bonchev–Trinajstić information content (AvgIpc) is 2.58. The molecule has 0 aromatic heterocycles. The lowest BCUT2D eigenvalue weighted by atomic mass is 10.2. The maximum absolute atomic E-state index is 5.97. The average molecular weight is 379 g/mol. The molecule has 6 heteroatoms. The lowest BCUT2D eigenvalue weighted by molar-refractivity contribution is 0.259. The monoisotopic (exact) mass is 378 g/mol. The molecule has 0 unspecified atom stereocenters. The Morgan fingerprint density at radius 1 is 1.35 bits per heavy atom. The van der Waals surface area contributed by atoms with Gasteiger partial charge in [-0.15, -0.1) is 0 Å². The zero-order valence-corrected chi connectivity index (χ0v) is 17.7. The Hall–Kier alpha value is -1.40. The zero-order valence-electron chi connectivity index (χ0n) is 16.9. The van der Waals surface area contributed by atoms with Gasteiger partial charge in [0.1, 0.15) is 12.4 Å². The Bertz CT molecular complexity index is 589. The summed E-state index contributed by atoms with van der Waals surface area (Å²) in [5.74, 6) is 3.08. The van der Waals surface area contributed by atoms with Crippen molar-refractivity contribution in [2.24, 2.45) is 4.99 Å². The first kappa shape index (κ1) is 20.9. The number of benzene rings is 1. The minimum Gasteiger partial charge on any atom is -0.492 e. The first-order valence-corrected chi connectivity index (χ1v) is 10.4. The molecular formula is C20H34N4OS. The molecule has 1 N–H and O–H groups in total. The van der Waals surface area contributed by atoms with Gasteiger partial charge in [-0.2, -0.15) is 11.8 Å². The molecule has 0 bridgehead atoms. The number of likely N-dealkylation sites (N-methyl/N-ethyl adjacent to an activating group) is 1. The third-order valence-electron chi connectivity index (χ3n) is 4.23. The summed E-state index contributed by atoms with van der Waals surface area (Å²) in [6, 6.07) is 8.22. The Balaban J connectivity index is 2.07. The number of rotatable bonds is 7. The molecule has 2 rings (SSSR count). The van der Waals surface area contributed by atoms with Crippen LogP contribution in [0, 0.1) is 0 Å². The third-order valence-corrected chi connectivity index (χ3v) is 5.53. The first-order chi connectivity index (χ1) is 12.4. The summed E-state index contributed by atoms with van der Waals surface area (Å²) in [4.78, 5) is 9.42. The molecule has 1 aromatic rings. The van der Waals surface area contributed by atoms with Crippen LogP contribution in [0.1, 0.15) is 26.3 Å². The van der Waals surface area contributed by atoms with Crippen LogP contribution in [0.25, 0.3) is 0 Å². The van der Waals surface area contributed by atoms with Crippen molar-refractivity contribution in [2.75, 3.05) is 52.6 Å². The Morgan fingerprint density at radius 3 is 2.81 bits per heavy atom. The molecule has 0 radical (unpaired) electrons. The van der Waals surface area contributed by atoms with Crippen LogP contribution in [0.5, 0.6) is 5.75 Å². The molecule has 26 heavy (non-hydrogen) atoms. The molecule has 0 aliphatic carbocycles. The van der Waals surface area contributed by atoms with Crippen LogP contribution < -0.4 is 10.1 Å². The van der Waals surface area contributed by atoms with Crippen molar-refractivity contribution >= 4 is 17.7 Å². The second kappa shape index (κ2) is 10.1. The number of ether oxygens (including phenoxy) is 1. The number of guanidine groups is 1. The fourth-order valence-electron chi connectivity index (χ4n) is 2.90. The maximum Gasteiger partial charge on any atom is 0.194 e. The minimum atomic E-state index is 0.266. The van der Waals surface area contributed by atoms with Crippen molar-refractivity contribution < 1.29 is 4.74 Å². The summed E-state index contributed by atoms with van der Waals surface area (Å²) in [6.45, 7) is 11.9. The van der Waals surface area contributed by atoms with Crippen molar-refractivity contribution in [1.82, 2.24) is 15.1 Å². The van der Waals surface area contributed by atoms with Crippen molar-refractivity contribution in [3.63, 3.8) is 0 Å². The van der Waals surface area contributed by atoms with E-state index in [4.69, 9.17) is 9.73 Å². The Morgan fingerprint density at radius 2 is 2.12 bits per heavy atom. The normalized spacial score (nSPS) is 17.5. The van der Waals surface area contributed by atoms with E-state index < -0.39 is 0 Å². The fourth-order valence-corrected chi connectivity index (χ4v) is 4.01. The van der Waals surface area contributed by atoms with Gasteiger partial charge in [0.05, 0.1) is 6.54 Å². The van der Waals surface area contributed by atoms with E-state index in [1.165, 1.54) is 0 Å². The summed E-state index contributed by atoms with van der Waals surface area (Å²) in [5.41, 5.74) is 1.13. The van der Waals surface area contributed by atoms with Crippen molar-refractivity contribution in [1.29, 1.82) is 0 Å². The smallest absolute Gasteiger partial charge is 0.194 e. The van der Waals surface area contributed by atoms with Crippen LogP contribution in [-0.2, 0) is 6.54 Å². The third kappa shape index (κ3) is 6.72. The van der Waals surface area contributed by atoms with E-state index in [0.717, 1.165) is 49.2 Å². The van der Waals surface area contributed by atoms with Gasteiger partial charge in [-0.3, -0.25) is 0 Å². The molecule has 1 saturated heterocycles. The molecule has 1 fully saturated rings. The van der Waals surface area contributed by atoms with Gasteiger partial charge in [-0.1, -0.05) is 18.2 Å². The van der Waals surface area contributed by atoms with Crippen LogP contribution in [-0.4, -0.2) is 73.1 Å². The van der Waals surface area contributed by atoms with Gasteiger partial charge in [-0.25, -0.2) is 4.99 Å². The summed E-state index contributed by atoms with van der Waals surface area (Å²) >= 11 is 2.04. The lowest BCUT2D eigenvalue weighted by Crippen LogP contribution is -2.50. The number of nitrogens with one attached hydrogen (secondary N) is 1. The second-order valence-electron chi connectivity index (χ2n) is 7.46. The second-order valence-corrected chi connectivity index (χ2v) is 9.26. The van der Waals surface area contributed by atoms with E-state index in [2.05, 4.69) is 62.1 Å². The highest BCUT2D eigenvalue weighted by molar-refractivity contribution is 8.00. The predicted octanol–water partition coefficient (Wildman–Crippen LogP) is 2.92. The quantitative estimate of drug-likeness (QED) is 0.583. The van der Waals surface area contributed by atoms with E-state index in [0.29, 0.717) is 13.2 Å². The molecule has 1 heterocycles. The van der Waals surface area contributed by atoms with E-state index >= 15 is 0 Å². The Kier molecular flexibility index (Phi) is 8.10. The topological polar surface area (TPSA) is 40.1 Å². The molecule has 1 aliphatic heterocycles. The van der Waals surface area contributed by atoms with Gasteiger partial charge in [0.2, 0.25) is 0 Å². The largest absolute Gasteiger partial charge is 0.492 e. The SMILES string of the molecule is CCNC(=NCc1ccccc1OCCN(C)C)N1CCSC(C)(C)C1. The molecule has 146 valence electrons. The van der Waals surface area contributed by atoms with Gasteiger partial charge in [-0.05, 0) is 40.9 Å². The highest BCUT2D eigenvalue weighted by atomic mass is 32.2. The maximum atomic E-state index is 5.97. The Labute approximate surface area is 163 Å². The van der Waals surface area contributed by atoms with Crippen LogP contribution >= 0.6 is 11.8 Å². The number of hydrogen-bond acceptors (Lipinski definition) is 4. The highest BCUT2D eigenvalue weighted by Crippen LogP contribution is 2.29. The van der Waals surface area contributed by atoms with Crippen LogP contribution in [0.2, 0.25) is 0 Å². The van der Waals surface area contributed by atoms with E-state index in [-0.39, 0.29) is 4.75 Å². The number of thioether (sulfide) groups is 1. The fraction of sp³-hybridized carbons (Fsp3) is 0.650. The van der Waals surface area contributed by atoms with E-state index in [1.54, 1.807) is 0 Å². The van der Waals surface area contributed by atoms with Crippen molar-refractivity contribution in [3.8, 4) is 5.75 Å². The summed E-state index contributed by atoms with van der Waals surface area (Å²) in [6.07, 6.45) is 0. The molecule has 0 spiro atoms. The first-order valence-electron chi connectivity index (χ1n) is 9.44.